The maximum atomic E-state index is 13.0. The molecule has 3 aliphatic rings. The van der Waals surface area contributed by atoms with Gasteiger partial charge in [0, 0.05) is 12.0 Å². The summed E-state index contributed by atoms with van der Waals surface area (Å²) in [5, 5.41) is 0. The number of allylic oxidation sites excluding steroid dienone is 1. The molecule has 0 bridgehead atoms. The second-order valence-corrected chi connectivity index (χ2v) is 12.7. The number of fused-ring (bicyclic) bond motifs is 3. The summed E-state index contributed by atoms with van der Waals surface area (Å²) >= 11 is 0. The van der Waals surface area contributed by atoms with Crippen molar-refractivity contribution in [3.63, 3.8) is 0 Å². The van der Waals surface area contributed by atoms with Crippen molar-refractivity contribution < 1.29 is 57.1 Å². The highest BCUT2D eigenvalue weighted by Crippen LogP contribution is 2.51. The van der Waals surface area contributed by atoms with Gasteiger partial charge < -0.3 is 19.1 Å². The van der Waals surface area contributed by atoms with Crippen molar-refractivity contribution in [1.29, 1.82) is 0 Å². The molecule has 0 saturated carbocycles. The van der Waals surface area contributed by atoms with E-state index in [9.17, 15) is 33.2 Å². The van der Waals surface area contributed by atoms with Crippen molar-refractivity contribution in [3.05, 3.63) is 101 Å². The van der Waals surface area contributed by atoms with E-state index in [-0.39, 0.29) is 30.8 Å². The fourth-order valence-corrected chi connectivity index (χ4v) is 6.69. The first-order valence-corrected chi connectivity index (χ1v) is 16.9. The van der Waals surface area contributed by atoms with Crippen LogP contribution in [0.2, 0.25) is 0 Å². The predicted octanol–water partition coefficient (Wildman–Crippen LogP) is 6.34. The average Bonchev–Trinajstić information content (AvgIpc) is 3.61. The molecule has 0 aromatic heterocycles. The third kappa shape index (κ3) is 8.64. The van der Waals surface area contributed by atoms with Gasteiger partial charge in [-0.25, -0.2) is 4.39 Å². The summed E-state index contributed by atoms with van der Waals surface area (Å²) in [5.41, 5.74) is 2.28. The molecule has 6 rings (SSSR count). The number of carbonyl (C=O) groups excluding carboxylic acids is 6. The largest absolute Gasteiger partial charge is 0.427 e. The highest BCUT2D eigenvalue weighted by molar-refractivity contribution is 6.06. The van der Waals surface area contributed by atoms with Crippen LogP contribution in [0, 0.1) is 17.7 Å². The van der Waals surface area contributed by atoms with Crippen LogP contribution in [0.15, 0.2) is 72.8 Å². The second kappa shape index (κ2) is 16.0. The van der Waals surface area contributed by atoms with Crippen LogP contribution >= 0.6 is 0 Å². The Morgan fingerprint density at radius 3 is 2.20 bits per heavy atom. The lowest BCUT2D eigenvalue weighted by molar-refractivity contribution is -0.207. The number of rotatable bonds is 15. The van der Waals surface area contributed by atoms with Gasteiger partial charge >= 0.3 is 29.8 Å². The van der Waals surface area contributed by atoms with Gasteiger partial charge in [-0.2, -0.15) is 4.89 Å². The molecule has 2 aliphatic heterocycles. The van der Waals surface area contributed by atoms with Crippen molar-refractivity contribution in [2.45, 2.75) is 63.2 Å². The van der Waals surface area contributed by atoms with Gasteiger partial charge in [-0.1, -0.05) is 43.5 Å². The van der Waals surface area contributed by atoms with Gasteiger partial charge in [0.05, 0.1) is 30.8 Å². The fourth-order valence-electron chi connectivity index (χ4n) is 6.69. The van der Waals surface area contributed by atoms with E-state index in [0.29, 0.717) is 35.5 Å². The van der Waals surface area contributed by atoms with E-state index in [1.54, 1.807) is 48.5 Å². The van der Waals surface area contributed by atoms with Crippen LogP contribution < -0.4 is 9.62 Å². The lowest BCUT2D eigenvalue weighted by Crippen LogP contribution is -2.31. The number of ketones is 1. The van der Waals surface area contributed by atoms with Gasteiger partial charge in [0.1, 0.15) is 11.6 Å². The minimum atomic E-state index is -0.869. The Hall–Kier alpha value is -5.49. The van der Waals surface area contributed by atoms with Crippen molar-refractivity contribution in [1.82, 2.24) is 0 Å². The van der Waals surface area contributed by atoms with Crippen LogP contribution in [-0.2, 0) is 38.3 Å². The Morgan fingerprint density at radius 2 is 1.45 bits per heavy atom. The van der Waals surface area contributed by atoms with Crippen molar-refractivity contribution >= 4 is 41.7 Å². The molecular formula is C39H35FO11. The third-order valence-electron chi connectivity index (χ3n) is 9.28. The number of cyclic esters (lactones) is 4. The van der Waals surface area contributed by atoms with Crippen LogP contribution in [0.3, 0.4) is 0 Å². The maximum Gasteiger partial charge on any atom is 0.321 e. The molecule has 2 saturated heterocycles. The van der Waals surface area contributed by atoms with E-state index in [0.717, 1.165) is 31.2 Å². The van der Waals surface area contributed by atoms with Gasteiger partial charge in [0.2, 0.25) is 0 Å². The lowest BCUT2D eigenvalue weighted by Gasteiger charge is -2.33. The number of hydrogen-bond donors (Lipinski definition) is 0. The minimum Gasteiger partial charge on any atom is -0.427 e. The minimum absolute atomic E-state index is 0.109. The second-order valence-electron chi connectivity index (χ2n) is 12.7. The Balaban J connectivity index is 0.883. The highest BCUT2D eigenvalue weighted by Gasteiger charge is 2.53. The summed E-state index contributed by atoms with van der Waals surface area (Å²) in [4.78, 5) is 84.6. The van der Waals surface area contributed by atoms with Crippen LogP contribution in [0.1, 0.15) is 90.3 Å². The van der Waals surface area contributed by atoms with E-state index in [1.807, 2.05) is 0 Å². The molecule has 1 aliphatic carbocycles. The molecule has 0 N–H and O–H groups in total. The van der Waals surface area contributed by atoms with E-state index >= 15 is 0 Å². The Morgan fingerprint density at radius 1 is 0.745 bits per heavy atom. The smallest absolute Gasteiger partial charge is 0.321 e. The molecule has 4 unspecified atom stereocenters. The standard InChI is InChI=1S/C39H35FO11/c40-25-12-10-24(11-13-25)33(41)18-9-23-7-14-26(15-8-23)51-47-19-5-3-1-2-4-6-34(42)48-27-16-17-28-29(31-22-35(43)49-37(31)44)21-32-36(30(28)20-27)39(46)50-38(32)45/h7-18,20,29,31-32,36H,1-6,19,21-22H2. The molecule has 3 aromatic carbocycles. The highest BCUT2D eigenvalue weighted by atomic mass is 19.1. The number of unbranched alkanes of at least 4 members (excludes halogenated alkanes) is 4. The molecule has 3 aromatic rings. The molecular weight excluding hydrogens is 663 g/mol. The lowest BCUT2D eigenvalue weighted by atomic mass is 9.67. The summed E-state index contributed by atoms with van der Waals surface area (Å²) in [6, 6.07) is 17.2. The molecule has 4 atom stereocenters. The summed E-state index contributed by atoms with van der Waals surface area (Å²) in [5.74, 6) is -5.92. The van der Waals surface area contributed by atoms with Crippen LogP contribution in [0.4, 0.5) is 4.39 Å². The van der Waals surface area contributed by atoms with Crippen LogP contribution in [0.5, 0.6) is 11.5 Å². The molecule has 0 radical (unpaired) electrons. The fraction of sp³-hybridized carbons (Fsp3) is 0.333. The maximum absolute atomic E-state index is 13.0. The molecule has 2 fully saturated rings. The van der Waals surface area contributed by atoms with E-state index in [4.69, 9.17) is 24.0 Å². The number of benzene rings is 3. The van der Waals surface area contributed by atoms with Gasteiger partial charge in [-0.15, -0.1) is 0 Å². The van der Waals surface area contributed by atoms with E-state index in [1.165, 1.54) is 30.3 Å². The zero-order chi connectivity index (χ0) is 35.9. The third-order valence-corrected chi connectivity index (χ3v) is 9.28. The quantitative estimate of drug-likeness (QED) is 0.0256. The van der Waals surface area contributed by atoms with Crippen molar-refractivity contribution in [2.24, 2.45) is 11.8 Å². The summed E-state index contributed by atoms with van der Waals surface area (Å²) in [6.45, 7) is 0.383. The van der Waals surface area contributed by atoms with Crippen molar-refractivity contribution in [3.8, 4) is 11.5 Å². The van der Waals surface area contributed by atoms with E-state index in [2.05, 4.69) is 0 Å². The molecule has 11 nitrogen and oxygen atoms in total. The SMILES string of the molecule is O=C1CC(C2CC3C(=O)OC(=O)C3c3cc(OC(=O)CCCCCCCOOc4ccc(C=CC(=O)c5ccc(F)cc5)cc4)ccc32)C(=O)O1. The Labute approximate surface area is 292 Å². The zero-order valence-corrected chi connectivity index (χ0v) is 27.5. The van der Waals surface area contributed by atoms with Crippen molar-refractivity contribution in [2.75, 3.05) is 6.61 Å². The summed E-state index contributed by atoms with van der Waals surface area (Å²) in [6.07, 6.45) is 7.25. The van der Waals surface area contributed by atoms with Crippen LogP contribution in [0.25, 0.3) is 6.08 Å². The van der Waals surface area contributed by atoms with Gasteiger partial charge in [-0.05, 0) is 96.5 Å². The zero-order valence-electron chi connectivity index (χ0n) is 27.5. The molecule has 51 heavy (non-hydrogen) atoms. The first-order valence-electron chi connectivity index (χ1n) is 16.9. The first kappa shape index (κ1) is 35.3. The first-order chi connectivity index (χ1) is 24.7. The molecule has 0 spiro atoms. The summed E-state index contributed by atoms with van der Waals surface area (Å²) in [7, 11) is 0. The summed E-state index contributed by atoms with van der Waals surface area (Å²) < 4.78 is 28.2. The molecule has 0 amide bonds. The molecule has 2 heterocycles. The van der Waals surface area contributed by atoms with Gasteiger partial charge in [-0.3, -0.25) is 28.8 Å². The molecule has 264 valence electrons. The number of halogens is 1. The number of hydrogen-bond acceptors (Lipinski definition) is 11. The normalized spacial score (nSPS) is 20.9. The van der Waals surface area contributed by atoms with Gasteiger partial charge in [0.25, 0.3) is 0 Å². The monoisotopic (exact) mass is 698 g/mol. The average molecular weight is 699 g/mol. The Kier molecular flexibility index (Phi) is 11.1. The number of ether oxygens (including phenoxy) is 3. The predicted molar refractivity (Wildman–Crippen MR) is 176 cm³/mol. The molecule has 12 heteroatoms. The number of esters is 5. The van der Waals surface area contributed by atoms with Crippen LogP contribution in [-0.4, -0.2) is 42.2 Å². The Bertz CT molecular complexity index is 1850. The topological polar surface area (TPSA) is 149 Å². The van der Waals surface area contributed by atoms with E-state index < -0.39 is 59.3 Å². The number of carbonyl (C=O) groups is 6. The van der Waals surface area contributed by atoms with Gasteiger partial charge in [0.15, 0.2) is 11.5 Å².